The summed E-state index contributed by atoms with van der Waals surface area (Å²) in [6, 6.07) is 3.14. The molecule has 1 aliphatic heterocycles. The number of rotatable bonds is 5. The number of aromatic nitrogens is 1. The van der Waals surface area contributed by atoms with Crippen molar-refractivity contribution in [1.29, 1.82) is 0 Å². The van der Waals surface area contributed by atoms with E-state index in [1.54, 1.807) is 12.1 Å². The number of alkyl halides is 3. The lowest BCUT2D eigenvalue weighted by Gasteiger charge is -2.31. The number of guanidine groups is 1. The lowest BCUT2D eigenvalue weighted by atomic mass is 10.0. The molecule has 32 heavy (non-hydrogen) atoms. The van der Waals surface area contributed by atoms with Crippen LogP contribution in [0.15, 0.2) is 28.3 Å². The largest absolute Gasteiger partial charge is 0.481 e. The van der Waals surface area contributed by atoms with Gasteiger partial charge in [0.2, 0.25) is 11.8 Å². The molecule has 3 rings (SSSR count). The zero-order chi connectivity index (χ0) is 23.3. The predicted molar refractivity (Wildman–Crippen MR) is 112 cm³/mol. The number of methoxy groups -OCH3 is 1. The normalized spacial score (nSPS) is 29.2. The molecule has 0 spiro atoms. The minimum atomic E-state index is -4.48. The molecule has 2 aliphatic rings. The van der Waals surface area contributed by atoms with Gasteiger partial charge in [-0.3, -0.25) is 5.32 Å². The SMILES string of the molecule is COc1ccc(C#CC2C(Cl)=NC(=NCC(F)(F)F)NC2N[C@@H]2C[C@H](CO)[C@@H](O)C2)cn1. The Kier molecular flexibility index (Phi) is 7.95. The lowest BCUT2D eigenvalue weighted by Crippen LogP contribution is -2.56. The number of aliphatic hydroxyl groups excluding tert-OH is 2. The Hall–Kier alpha value is -2.39. The van der Waals surface area contributed by atoms with Gasteiger partial charge in [-0.05, 0) is 18.9 Å². The van der Waals surface area contributed by atoms with Gasteiger partial charge in [-0.25, -0.2) is 15.0 Å². The Morgan fingerprint density at radius 1 is 1.38 bits per heavy atom. The number of hydrogen-bond donors (Lipinski definition) is 4. The van der Waals surface area contributed by atoms with Gasteiger partial charge in [-0.15, -0.1) is 0 Å². The first-order chi connectivity index (χ1) is 15.2. The first-order valence-electron chi connectivity index (χ1n) is 9.87. The van der Waals surface area contributed by atoms with Crippen molar-refractivity contribution in [2.45, 2.75) is 37.3 Å². The van der Waals surface area contributed by atoms with Gasteiger partial charge in [0.05, 0.1) is 13.2 Å². The van der Waals surface area contributed by atoms with Gasteiger partial charge in [0.15, 0.2) is 0 Å². The molecule has 1 aromatic rings. The molecule has 12 heteroatoms. The van der Waals surface area contributed by atoms with Gasteiger partial charge in [-0.1, -0.05) is 23.4 Å². The van der Waals surface area contributed by atoms with Crippen LogP contribution < -0.4 is 15.4 Å². The van der Waals surface area contributed by atoms with Gasteiger partial charge in [0.1, 0.15) is 23.8 Å². The summed E-state index contributed by atoms with van der Waals surface area (Å²) in [6.07, 6.45) is -3.50. The second-order valence-corrected chi connectivity index (χ2v) is 7.88. The van der Waals surface area contributed by atoms with Gasteiger partial charge < -0.3 is 20.3 Å². The van der Waals surface area contributed by atoms with Crippen LogP contribution in [0.4, 0.5) is 13.2 Å². The van der Waals surface area contributed by atoms with E-state index < -0.39 is 30.9 Å². The molecule has 1 fully saturated rings. The third kappa shape index (κ3) is 6.56. The summed E-state index contributed by atoms with van der Waals surface area (Å²) in [4.78, 5) is 11.5. The molecule has 1 aromatic heterocycles. The summed E-state index contributed by atoms with van der Waals surface area (Å²) in [6.45, 7) is -1.57. The van der Waals surface area contributed by atoms with Crippen LogP contribution in [0.5, 0.6) is 5.88 Å². The van der Waals surface area contributed by atoms with Crippen LogP contribution in [-0.4, -0.2) is 71.1 Å². The van der Waals surface area contributed by atoms with Crippen molar-refractivity contribution >= 4 is 22.7 Å². The predicted octanol–water partition coefficient (Wildman–Crippen LogP) is 1.26. The van der Waals surface area contributed by atoms with E-state index in [9.17, 15) is 23.4 Å². The van der Waals surface area contributed by atoms with Gasteiger partial charge in [-0.2, -0.15) is 13.2 Å². The van der Waals surface area contributed by atoms with Crippen molar-refractivity contribution in [1.82, 2.24) is 15.6 Å². The number of ether oxygens (including phenoxy) is 1. The van der Waals surface area contributed by atoms with E-state index >= 15 is 0 Å². The third-order valence-electron chi connectivity index (χ3n) is 5.12. The number of pyridine rings is 1. The number of nitrogens with zero attached hydrogens (tertiary/aromatic N) is 3. The molecule has 174 valence electrons. The van der Waals surface area contributed by atoms with Crippen LogP contribution in [0.1, 0.15) is 18.4 Å². The van der Waals surface area contributed by atoms with E-state index in [1.807, 2.05) is 0 Å². The highest BCUT2D eigenvalue weighted by Gasteiger charge is 2.37. The van der Waals surface area contributed by atoms with E-state index in [1.165, 1.54) is 13.3 Å². The van der Waals surface area contributed by atoms with E-state index in [4.69, 9.17) is 16.3 Å². The standard InChI is InChI=1S/C20H23ClF3N5O3/c1-32-16-5-3-11(8-25-16)2-4-14-17(21)28-19(26-10-20(22,23)24)29-18(14)27-13-6-12(9-30)15(31)7-13/h3,5,8,12-15,18,27,30-31H,6-7,9-10H2,1H3,(H,26,29)/t12-,13-,14?,15+,18?/m1/s1. The fourth-order valence-corrected chi connectivity index (χ4v) is 3.77. The molecule has 0 bridgehead atoms. The highest BCUT2D eigenvalue weighted by Crippen LogP contribution is 2.27. The van der Waals surface area contributed by atoms with Gasteiger partial charge in [0.25, 0.3) is 0 Å². The maximum atomic E-state index is 12.6. The molecule has 0 amide bonds. The van der Waals surface area contributed by atoms with Crippen LogP contribution >= 0.6 is 11.6 Å². The van der Waals surface area contributed by atoms with Crippen molar-refractivity contribution in [3.05, 3.63) is 23.9 Å². The third-order valence-corrected chi connectivity index (χ3v) is 5.44. The fraction of sp³-hybridized carbons (Fsp3) is 0.550. The summed E-state index contributed by atoms with van der Waals surface area (Å²) < 4.78 is 42.7. The summed E-state index contributed by atoms with van der Waals surface area (Å²) in [5, 5.41) is 25.5. The molecule has 1 saturated carbocycles. The molecule has 5 atom stereocenters. The number of hydrogen-bond acceptors (Lipinski definition) is 6. The first kappa shape index (κ1) is 24.3. The molecule has 2 heterocycles. The van der Waals surface area contributed by atoms with E-state index in [0.717, 1.165) is 0 Å². The Morgan fingerprint density at radius 2 is 2.16 bits per heavy atom. The van der Waals surface area contributed by atoms with Crippen molar-refractivity contribution in [3.63, 3.8) is 0 Å². The highest BCUT2D eigenvalue weighted by atomic mass is 35.5. The van der Waals surface area contributed by atoms with Crippen molar-refractivity contribution < 1.29 is 28.1 Å². The molecule has 1 aliphatic carbocycles. The molecule has 0 radical (unpaired) electrons. The average molecular weight is 474 g/mol. The highest BCUT2D eigenvalue weighted by molar-refractivity contribution is 6.67. The van der Waals surface area contributed by atoms with E-state index in [-0.39, 0.29) is 29.7 Å². The molecule has 0 saturated heterocycles. The molecule has 4 N–H and O–H groups in total. The number of nitrogens with one attached hydrogen (secondary N) is 2. The Morgan fingerprint density at radius 3 is 2.75 bits per heavy atom. The van der Waals surface area contributed by atoms with Crippen molar-refractivity contribution in [2.24, 2.45) is 21.8 Å². The Balaban J connectivity index is 1.83. The number of halogens is 4. The van der Waals surface area contributed by atoms with Crippen molar-refractivity contribution in [2.75, 3.05) is 20.3 Å². The maximum absolute atomic E-state index is 12.6. The summed E-state index contributed by atoms with van der Waals surface area (Å²) >= 11 is 6.29. The summed E-state index contributed by atoms with van der Waals surface area (Å²) in [7, 11) is 1.49. The first-order valence-corrected chi connectivity index (χ1v) is 10.2. The average Bonchev–Trinajstić information content (AvgIpc) is 3.10. The monoisotopic (exact) mass is 473 g/mol. The van der Waals surface area contributed by atoms with Crippen LogP contribution in [0.2, 0.25) is 0 Å². The second-order valence-electron chi connectivity index (χ2n) is 7.49. The zero-order valence-corrected chi connectivity index (χ0v) is 17.9. The number of aliphatic hydroxyl groups is 2. The molecular formula is C20H23ClF3N5O3. The van der Waals surface area contributed by atoms with Crippen LogP contribution in [-0.2, 0) is 0 Å². The lowest BCUT2D eigenvalue weighted by molar-refractivity contribution is -0.118. The summed E-state index contributed by atoms with van der Waals surface area (Å²) in [5.74, 6) is 5.09. The zero-order valence-electron chi connectivity index (χ0n) is 17.1. The van der Waals surface area contributed by atoms with Crippen LogP contribution in [0.25, 0.3) is 0 Å². The smallest absolute Gasteiger partial charge is 0.408 e. The second kappa shape index (κ2) is 10.5. The quantitative estimate of drug-likeness (QED) is 0.479. The minimum Gasteiger partial charge on any atom is -0.481 e. The molecular weight excluding hydrogens is 451 g/mol. The van der Waals surface area contributed by atoms with Crippen LogP contribution in [0.3, 0.4) is 0 Å². The van der Waals surface area contributed by atoms with Crippen molar-refractivity contribution in [3.8, 4) is 17.7 Å². The van der Waals surface area contributed by atoms with Crippen LogP contribution in [0, 0.1) is 23.7 Å². The number of aliphatic imine (C=N–C) groups is 2. The fourth-order valence-electron chi connectivity index (χ4n) is 3.51. The maximum Gasteiger partial charge on any atom is 0.408 e. The molecule has 2 unspecified atom stereocenters. The summed E-state index contributed by atoms with van der Waals surface area (Å²) in [5.41, 5.74) is 0.585. The molecule has 0 aromatic carbocycles. The topological polar surface area (TPSA) is 111 Å². The van der Waals surface area contributed by atoms with E-state index in [0.29, 0.717) is 24.3 Å². The van der Waals surface area contributed by atoms with Gasteiger partial charge in [0, 0.05) is 36.4 Å². The van der Waals surface area contributed by atoms with Gasteiger partial charge >= 0.3 is 6.18 Å². The Labute approximate surface area is 188 Å². The minimum absolute atomic E-state index is 0.0200. The molecule has 8 nitrogen and oxygen atoms in total. The van der Waals surface area contributed by atoms with E-state index in [2.05, 4.69) is 37.4 Å². The Bertz CT molecular complexity index is 914.